The SMILES string of the molecule is CC(=O)N1CC(Cc2ccc(C(=O)O)cc2)C1. The van der Waals surface area contributed by atoms with Gasteiger partial charge in [-0.15, -0.1) is 0 Å². The fourth-order valence-electron chi connectivity index (χ4n) is 2.07. The van der Waals surface area contributed by atoms with Gasteiger partial charge in [0.1, 0.15) is 0 Å². The maximum Gasteiger partial charge on any atom is 0.335 e. The Morgan fingerprint density at radius 1 is 1.29 bits per heavy atom. The summed E-state index contributed by atoms with van der Waals surface area (Å²) < 4.78 is 0. The molecular formula is C13H15NO3. The summed E-state index contributed by atoms with van der Waals surface area (Å²) >= 11 is 0. The number of hydrogen-bond acceptors (Lipinski definition) is 2. The molecule has 0 radical (unpaired) electrons. The molecule has 0 atom stereocenters. The molecule has 1 saturated heterocycles. The van der Waals surface area contributed by atoms with E-state index in [9.17, 15) is 9.59 Å². The molecule has 17 heavy (non-hydrogen) atoms. The van der Waals surface area contributed by atoms with Crippen molar-refractivity contribution in [2.24, 2.45) is 5.92 Å². The second-order valence-electron chi connectivity index (χ2n) is 4.50. The zero-order valence-corrected chi connectivity index (χ0v) is 9.72. The number of hydrogen-bond donors (Lipinski definition) is 1. The summed E-state index contributed by atoms with van der Waals surface area (Å²) in [5.41, 5.74) is 1.44. The van der Waals surface area contributed by atoms with E-state index in [1.165, 1.54) is 0 Å². The van der Waals surface area contributed by atoms with Gasteiger partial charge in [0.15, 0.2) is 0 Å². The smallest absolute Gasteiger partial charge is 0.335 e. The van der Waals surface area contributed by atoms with Crippen molar-refractivity contribution in [2.75, 3.05) is 13.1 Å². The van der Waals surface area contributed by atoms with Gasteiger partial charge in [-0.05, 0) is 30.0 Å². The second-order valence-corrected chi connectivity index (χ2v) is 4.50. The lowest BCUT2D eigenvalue weighted by molar-refractivity contribution is -0.134. The molecule has 0 spiro atoms. The van der Waals surface area contributed by atoms with Crippen LogP contribution in [-0.2, 0) is 11.2 Å². The summed E-state index contributed by atoms with van der Waals surface area (Å²) in [6.07, 6.45) is 0.906. The van der Waals surface area contributed by atoms with Gasteiger partial charge in [0.25, 0.3) is 0 Å². The van der Waals surface area contributed by atoms with E-state index < -0.39 is 5.97 Å². The molecule has 1 fully saturated rings. The summed E-state index contributed by atoms with van der Waals surface area (Å²) in [4.78, 5) is 23.5. The molecule has 0 unspecified atom stereocenters. The van der Waals surface area contributed by atoms with E-state index in [0.29, 0.717) is 11.5 Å². The van der Waals surface area contributed by atoms with Crippen molar-refractivity contribution in [1.29, 1.82) is 0 Å². The maximum atomic E-state index is 11.0. The molecule has 1 aromatic carbocycles. The molecule has 2 rings (SSSR count). The van der Waals surface area contributed by atoms with Crippen LogP contribution in [0.3, 0.4) is 0 Å². The van der Waals surface area contributed by atoms with Crippen LogP contribution in [0.25, 0.3) is 0 Å². The minimum absolute atomic E-state index is 0.127. The standard InChI is InChI=1S/C13H15NO3/c1-9(15)14-7-11(8-14)6-10-2-4-12(5-3-10)13(16)17/h2-5,11H,6-8H2,1H3,(H,16,17). The van der Waals surface area contributed by atoms with Gasteiger partial charge in [-0.2, -0.15) is 0 Å². The lowest BCUT2D eigenvalue weighted by Gasteiger charge is -2.38. The van der Waals surface area contributed by atoms with E-state index in [-0.39, 0.29) is 5.91 Å². The number of carboxylic acids is 1. The summed E-state index contributed by atoms with van der Waals surface area (Å²) in [5, 5.41) is 8.77. The van der Waals surface area contributed by atoms with Crippen LogP contribution in [-0.4, -0.2) is 35.0 Å². The third kappa shape index (κ3) is 2.64. The van der Waals surface area contributed by atoms with Crippen LogP contribution in [0, 0.1) is 5.92 Å². The summed E-state index contributed by atoms with van der Waals surface area (Å²) in [5.74, 6) is -0.264. The normalized spacial score (nSPS) is 15.5. The molecule has 4 nitrogen and oxygen atoms in total. The average Bonchev–Trinajstić information content (AvgIpc) is 2.23. The van der Waals surface area contributed by atoms with Crippen molar-refractivity contribution in [3.63, 3.8) is 0 Å². The molecule has 0 aliphatic carbocycles. The van der Waals surface area contributed by atoms with Gasteiger partial charge < -0.3 is 10.0 Å². The highest BCUT2D eigenvalue weighted by Gasteiger charge is 2.28. The predicted octanol–water partition coefficient (Wildman–Crippen LogP) is 1.41. The maximum absolute atomic E-state index is 11.0. The monoisotopic (exact) mass is 233 g/mol. The first-order valence-corrected chi connectivity index (χ1v) is 5.64. The Labute approximate surface area is 99.9 Å². The molecule has 1 heterocycles. The average molecular weight is 233 g/mol. The van der Waals surface area contributed by atoms with Crippen molar-refractivity contribution in [3.8, 4) is 0 Å². The Morgan fingerprint density at radius 2 is 1.88 bits per heavy atom. The molecule has 1 aliphatic heterocycles. The molecule has 4 heteroatoms. The van der Waals surface area contributed by atoms with Gasteiger partial charge in [-0.25, -0.2) is 4.79 Å². The summed E-state index contributed by atoms with van der Waals surface area (Å²) in [7, 11) is 0. The summed E-state index contributed by atoms with van der Waals surface area (Å²) in [6, 6.07) is 6.94. The van der Waals surface area contributed by atoms with E-state index in [1.54, 1.807) is 19.1 Å². The largest absolute Gasteiger partial charge is 0.478 e. The minimum atomic E-state index is -0.900. The highest BCUT2D eigenvalue weighted by atomic mass is 16.4. The van der Waals surface area contributed by atoms with Gasteiger partial charge in [0, 0.05) is 20.0 Å². The quantitative estimate of drug-likeness (QED) is 0.858. The fraction of sp³-hybridized carbons (Fsp3) is 0.385. The molecule has 90 valence electrons. The second kappa shape index (κ2) is 4.57. The van der Waals surface area contributed by atoms with Gasteiger partial charge in [0.05, 0.1) is 5.56 Å². The van der Waals surface area contributed by atoms with Gasteiger partial charge in [-0.1, -0.05) is 12.1 Å². The first-order chi connectivity index (χ1) is 8.06. The Kier molecular flexibility index (Phi) is 3.13. The van der Waals surface area contributed by atoms with Crippen LogP contribution in [0.15, 0.2) is 24.3 Å². The predicted molar refractivity (Wildman–Crippen MR) is 62.8 cm³/mol. The van der Waals surface area contributed by atoms with Crippen molar-refractivity contribution in [2.45, 2.75) is 13.3 Å². The van der Waals surface area contributed by atoms with Crippen LogP contribution < -0.4 is 0 Å². The van der Waals surface area contributed by atoms with Crippen molar-refractivity contribution >= 4 is 11.9 Å². The van der Waals surface area contributed by atoms with Gasteiger partial charge in [-0.3, -0.25) is 4.79 Å². The first-order valence-electron chi connectivity index (χ1n) is 5.64. The van der Waals surface area contributed by atoms with Gasteiger partial charge >= 0.3 is 5.97 Å². The third-order valence-electron chi connectivity index (χ3n) is 3.13. The van der Waals surface area contributed by atoms with Crippen LogP contribution >= 0.6 is 0 Å². The highest BCUT2D eigenvalue weighted by molar-refractivity contribution is 5.87. The molecule has 1 aliphatic rings. The van der Waals surface area contributed by atoms with Crippen molar-refractivity contribution in [1.82, 2.24) is 4.90 Å². The van der Waals surface area contributed by atoms with E-state index in [4.69, 9.17) is 5.11 Å². The van der Waals surface area contributed by atoms with Crippen molar-refractivity contribution in [3.05, 3.63) is 35.4 Å². The molecule has 0 aromatic heterocycles. The number of carbonyl (C=O) groups excluding carboxylic acids is 1. The van der Waals surface area contributed by atoms with Crippen LogP contribution in [0.4, 0.5) is 0 Å². The molecule has 0 saturated carbocycles. The lowest BCUT2D eigenvalue weighted by atomic mass is 9.92. The zero-order valence-electron chi connectivity index (χ0n) is 9.72. The molecule has 0 bridgehead atoms. The van der Waals surface area contributed by atoms with Gasteiger partial charge in [0.2, 0.25) is 5.91 Å². The molecular weight excluding hydrogens is 218 g/mol. The van der Waals surface area contributed by atoms with Crippen LogP contribution in [0.1, 0.15) is 22.8 Å². The topological polar surface area (TPSA) is 57.6 Å². The zero-order chi connectivity index (χ0) is 12.4. The number of aromatic carboxylic acids is 1. The Morgan fingerprint density at radius 3 is 2.35 bits per heavy atom. The number of rotatable bonds is 3. The molecule has 1 aromatic rings. The fourth-order valence-corrected chi connectivity index (χ4v) is 2.07. The number of likely N-dealkylation sites (tertiary alicyclic amines) is 1. The highest BCUT2D eigenvalue weighted by Crippen LogP contribution is 2.20. The summed E-state index contributed by atoms with van der Waals surface area (Å²) in [6.45, 7) is 3.21. The number of carbonyl (C=O) groups is 2. The Hall–Kier alpha value is -1.84. The number of amides is 1. The minimum Gasteiger partial charge on any atom is -0.478 e. The first kappa shape index (κ1) is 11.6. The Balaban J connectivity index is 1.88. The number of carboxylic acid groups (broad SMARTS) is 1. The van der Waals surface area contributed by atoms with E-state index >= 15 is 0 Å². The Bertz CT molecular complexity index is 432. The van der Waals surface area contributed by atoms with Crippen LogP contribution in [0.5, 0.6) is 0 Å². The third-order valence-corrected chi connectivity index (χ3v) is 3.13. The van der Waals surface area contributed by atoms with E-state index in [1.807, 2.05) is 17.0 Å². The van der Waals surface area contributed by atoms with E-state index in [0.717, 1.165) is 25.1 Å². The number of nitrogens with zero attached hydrogens (tertiary/aromatic N) is 1. The van der Waals surface area contributed by atoms with Crippen LogP contribution in [0.2, 0.25) is 0 Å². The molecule has 1 N–H and O–H groups in total. The lowest BCUT2D eigenvalue weighted by Crippen LogP contribution is -2.49. The number of benzene rings is 1. The molecule has 1 amide bonds. The van der Waals surface area contributed by atoms with E-state index in [2.05, 4.69) is 0 Å². The van der Waals surface area contributed by atoms with Crippen molar-refractivity contribution < 1.29 is 14.7 Å².